The first-order valence-electron chi connectivity index (χ1n) is 5.83. The van der Waals surface area contributed by atoms with E-state index in [2.05, 4.69) is 17.0 Å². The van der Waals surface area contributed by atoms with Gasteiger partial charge in [0.1, 0.15) is 0 Å². The molecule has 0 aromatic carbocycles. The normalized spacial score (nSPS) is 15.2. The molecule has 4 nitrogen and oxygen atoms in total. The van der Waals surface area contributed by atoms with E-state index in [1.807, 2.05) is 6.07 Å². The summed E-state index contributed by atoms with van der Waals surface area (Å²) in [5.41, 5.74) is 0. The van der Waals surface area contributed by atoms with E-state index in [1.54, 1.807) is 17.4 Å². The molecule has 0 radical (unpaired) electrons. The van der Waals surface area contributed by atoms with Gasteiger partial charge in [0.15, 0.2) is 0 Å². The first-order chi connectivity index (χ1) is 8.74. The molecule has 0 spiro atoms. The smallest absolute Gasteiger partial charge is 0.324 e. The summed E-state index contributed by atoms with van der Waals surface area (Å²) in [5, 5.41) is 12.2. The lowest BCUT2D eigenvalue weighted by atomic mass is 10.4. The van der Waals surface area contributed by atoms with Crippen molar-refractivity contribution in [3.05, 3.63) is 34.4 Å². The molecule has 1 fully saturated rings. The van der Waals surface area contributed by atoms with Gasteiger partial charge in [-0.3, -0.25) is 10.1 Å². The summed E-state index contributed by atoms with van der Waals surface area (Å²) in [5.74, 6) is 0. The quantitative estimate of drug-likeness (QED) is 0.631. The van der Waals surface area contributed by atoms with Crippen LogP contribution < -0.4 is 4.90 Å². The summed E-state index contributed by atoms with van der Waals surface area (Å²) in [6, 6.07) is 7.60. The van der Waals surface area contributed by atoms with E-state index in [9.17, 15) is 10.1 Å². The van der Waals surface area contributed by atoms with Gasteiger partial charge in [0.05, 0.1) is 14.8 Å². The maximum absolute atomic E-state index is 10.7. The van der Waals surface area contributed by atoms with Crippen LogP contribution in [0.15, 0.2) is 24.3 Å². The third-order valence-electron chi connectivity index (χ3n) is 3.02. The third kappa shape index (κ3) is 2.13. The zero-order valence-electron chi connectivity index (χ0n) is 9.67. The molecule has 2 aromatic heterocycles. The number of rotatable bonds is 3. The van der Waals surface area contributed by atoms with Crippen LogP contribution in [0.1, 0.15) is 12.8 Å². The summed E-state index contributed by atoms with van der Waals surface area (Å²) in [4.78, 5) is 14.8. The topological polar surface area (TPSA) is 46.4 Å². The van der Waals surface area contributed by atoms with Gasteiger partial charge in [-0.15, -0.1) is 11.3 Å². The van der Waals surface area contributed by atoms with Crippen LogP contribution in [0.4, 0.5) is 10.0 Å². The predicted octanol–water partition coefficient (Wildman–Crippen LogP) is 3.99. The molecule has 6 heteroatoms. The molecule has 0 N–H and O–H groups in total. The Morgan fingerprint density at radius 1 is 1.06 bits per heavy atom. The van der Waals surface area contributed by atoms with Crippen LogP contribution in [0.25, 0.3) is 9.75 Å². The van der Waals surface area contributed by atoms with Crippen molar-refractivity contribution >= 4 is 32.7 Å². The van der Waals surface area contributed by atoms with Crippen LogP contribution in [0.3, 0.4) is 0 Å². The van der Waals surface area contributed by atoms with E-state index >= 15 is 0 Å². The second-order valence-corrected chi connectivity index (χ2v) is 6.35. The highest BCUT2D eigenvalue weighted by molar-refractivity contribution is 7.25. The molecule has 0 saturated carbocycles. The Morgan fingerprint density at radius 3 is 2.39 bits per heavy atom. The van der Waals surface area contributed by atoms with Gasteiger partial charge in [-0.1, -0.05) is 11.3 Å². The number of hydrogen-bond acceptors (Lipinski definition) is 5. The number of hydrogen-bond donors (Lipinski definition) is 0. The van der Waals surface area contributed by atoms with E-state index in [4.69, 9.17) is 0 Å². The van der Waals surface area contributed by atoms with Crippen molar-refractivity contribution in [2.75, 3.05) is 18.0 Å². The van der Waals surface area contributed by atoms with Crippen molar-refractivity contribution in [2.45, 2.75) is 12.8 Å². The largest absolute Gasteiger partial charge is 0.363 e. The maximum Gasteiger partial charge on any atom is 0.324 e. The zero-order chi connectivity index (χ0) is 12.5. The summed E-state index contributed by atoms with van der Waals surface area (Å²) in [6.07, 6.45) is 2.52. The van der Waals surface area contributed by atoms with Crippen molar-refractivity contribution in [2.24, 2.45) is 0 Å². The number of anilines is 1. The van der Waals surface area contributed by atoms with Crippen molar-refractivity contribution in [1.29, 1.82) is 0 Å². The van der Waals surface area contributed by atoms with E-state index in [-0.39, 0.29) is 9.92 Å². The van der Waals surface area contributed by atoms with E-state index in [1.165, 1.54) is 29.2 Å². The maximum atomic E-state index is 10.7. The molecule has 2 aromatic rings. The fraction of sp³-hybridized carbons (Fsp3) is 0.333. The van der Waals surface area contributed by atoms with Crippen LogP contribution in [-0.2, 0) is 0 Å². The van der Waals surface area contributed by atoms with Crippen LogP contribution in [0.2, 0.25) is 0 Å². The van der Waals surface area contributed by atoms with E-state index in [0.29, 0.717) is 0 Å². The van der Waals surface area contributed by atoms with E-state index < -0.39 is 0 Å². The Balaban J connectivity index is 1.85. The fourth-order valence-corrected chi connectivity index (χ4v) is 4.09. The zero-order valence-corrected chi connectivity index (χ0v) is 11.3. The van der Waals surface area contributed by atoms with E-state index in [0.717, 1.165) is 22.8 Å². The molecule has 0 amide bonds. The van der Waals surface area contributed by atoms with Crippen molar-refractivity contribution in [3.63, 3.8) is 0 Å². The number of nitrogens with zero attached hydrogens (tertiary/aromatic N) is 2. The molecule has 3 rings (SSSR count). The molecule has 18 heavy (non-hydrogen) atoms. The average Bonchev–Trinajstić information content (AvgIpc) is 3.10. The second-order valence-electron chi connectivity index (χ2n) is 4.23. The molecule has 94 valence electrons. The molecule has 0 aliphatic carbocycles. The molecular formula is C12H12N2O2S2. The molecule has 0 atom stereocenters. The second kappa shape index (κ2) is 4.70. The monoisotopic (exact) mass is 280 g/mol. The summed E-state index contributed by atoms with van der Waals surface area (Å²) in [7, 11) is 0. The first kappa shape index (κ1) is 11.7. The SMILES string of the molecule is O=[N+]([O-])c1ccc(-c2ccc(N3CCCC3)s2)s1. The van der Waals surface area contributed by atoms with Gasteiger partial charge < -0.3 is 4.90 Å². The Bertz CT molecular complexity index is 570. The Morgan fingerprint density at radius 2 is 1.72 bits per heavy atom. The Hall–Kier alpha value is -1.40. The first-order valence-corrected chi connectivity index (χ1v) is 7.47. The summed E-state index contributed by atoms with van der Waals surface area (Å²) < 4.78 is 0. The number of nitro groups is 1. The van der Waals surface area contributed by atoms with Gasteiger partial charge in [0.2, 0.25) is 0 Å². The molecule has 0 unspecified atom stereocenters. The summed E-state index contributed by atoms with van der Waals surface area (Å²) in [6.45, 7) is 2.26. The highest BCUT2D eigenvalue weighted by atomic mass is 32.1. The van der Waals surface area contributed by atoms with Crippen LogP contribution >= 0.6 is 22.7 Å². The van der Waals surface area contributed by atoms with Crippen LogP contribution in [0.5, 0.6) is 0 Å². The van der Waals surface area contributed by atoms with Gasteiger partial charge in [-0.25, -0.2) is 0 Å². The van der Waals surface area contributed by atoms with Gasteiger partial charge >= 0.3 is 5.00 Å². The van der Waals surface area contributed by atoms with Crippen molar-refractivity contribution in [3.8, 4) is 9.75 Å². The molecule has 1 aliphatic rings. The van der Waals surface area contributed by atoms with Gasteiger partial charge in [-0.05, 0) is 31.0 Å². The van der Waals surface area contributed by atoms with Gasteiger partial charge in [0.25, 0.3) is 0 Å². The van der Waals surface area contributed by atoms with Crippen LogP contribution in [-0.4, -0.2) is 18.0 Å². The Kier molecular flexibility index (Phi) is 3.05. The lowest BCUT2D eigenvalue weighted by Gasteiger charge is -2.13. The van der Waals surface area contributed by atoms with Crippen molar-refractivity contribution in [1.82, 2.24) is 0 Å². The highest BCUT2D eigenvalue weighted by Crippen LogP contribution is 2.39. The Labute approximate surface area is 113 Å². The standard InChI is InChI=1S/C12H12N2O2S2/c15-14(16)12-6-4-10(18-12)9-3-5-11(17-9)13-7-1-2-8-13/h3-6H,1-2,7-8H2. The van der Waals surface area contributed by atoms with Crippen molar-refractivity contribution < 1.29 is 4.92 Å². The fourth-order valence-electron chi connectivity index (χ4n) is 2.13. The average molecular weight is 280 g/mol. The number of thiophene rings is 2. The minimum absolute atomic E-state index is 0.209. The highest BCUT2D eigenvalue weighted by Gasteiger charge is 2.16. The predicted molar refractivity (Wildman–Crippen MR) is 75.7 cm³/mol. The lowest BCUT2D eigenvalue weighted by molar-refractivity contribution is -0.380. The molecule has 1 aliphatic heterocycles. The molecule has 0 bridgehead atoms. The lowest BCUT2D eigenvalue weighted by Crippen LogP contribution is -2.15. The molecule has 1 saturated heterocycles. The van der Waals surface area contributed by atoms with Gasteiger partial charge in [-0.2, -0.15) is 0 Å². The minimum Gasteiger partial charge on any atom is -0.363 e. The molecule has 3 heterocycles. The third-order valence-corrected chi connectivity index (χ3v) is 5.40. The summed E-state index contributed by atoms with van der Waals surface area (Å²) >= 11 is 2.96. The minimum atomic E-state index is -0.330. The van der Waals surface area contributed by atoms with Crippen LogP contribution in [0, 0.1) is 10.1 Å². The van der Waals surface area contributed by atoms with Gasteiger partial charge in [0, 0.05) is 24.0 Å². The molecular weight excluding hydrogens is 268 g/mol.